The van der Waals surface area contributed by atoms with E-state index < -0.39 is 27.0 Å². The van der Waals surface area contributed by atoms with Crippen molar-refractivity contribution in [3.8, 4) is 0 Å². The lowest BCUT2D eigenvalue weighted by molar-refractivity contribution is -0.121. The molecular formula is C25H24N4O5S. The number of carbonyl (C=O) groups excluding carboxylic acids is 1. The fourth-order valence-corrected chi connectivity index (χ4v) is 4.36. The molecule has 1 amide bonds. The number of aromatic nitrogens is 2. The Bertz CT molecular complexity index is 1590. The van der Waals surface area contributed by atoms with Crippen molar-refractivity contribution < 1.29 is 13.2 Å². The normalized spacial score (nSPS) is 11.5. The number of nitrogens with zero attached hydrogens (tertiary/aromatic N) is 2. The lowest BCUT2D eigenvalue weighted by Gasteiger charge is -2.15. The van der Waals surface area contributed by atoms with Gasteiger partial charge in [0.25, 0.3) is 0 Å². The second kappa shape index (κ2) is 10.1. The Morgan fingerprint density at radius 1 is 0.771 bits per heavy atom. The van der Waals surface area contributed by atoms with Crippen molar-refractivity contribution in [3.05, 3.63) is 111 Å². The molecule has 3 aromatic carbocycles. The van der Waals surface area contributed by atoms with Crippen molar-refractivity contribution in [2.24, 2.45) is 5.14 Å². The molecule has 0 aliphatic rings. The van der Waals surface area contributed by atoms with E-state index >= 15 is 0 Å². The van der Waals surface area contributed by atoms with Crippen LogP contribution in [-0.2, 0) is 34.3 Å². The summed E-state index contributed by atoms with van der Waals surface area (Å²) in [6.07, 6.45) is 0.449. The third-order valence-electron chi connectivity index (χ3n) is 5.61. The highest BCUT2D eigenvalue weighted by atomic mass is 32.2. The fraction of sp³-hybridized carbons (Fsp3) is 0.160. The lowest BCUT2D eigenvalue weighted by Crippen LogP contribution is -2.44. The van der Waals surface area contributed by atoms with Crippen LogP contribution in [0.4, 0.5) is 0 Å². The lowest BCUT2D eigenvalue weighted by atomic mass is 10.1. The van der Waals surface area contributed by atoms with Crippen molar-refractivity contribution in [2.75, 3.05) is 6.54 Å². The zero-order valence-electron chi connectivity index (χ0n) is 18.8. The molecule has 4 aromatic rings. The van der Waals surface area contributed by atoms with Gasteiger partial charge >= 0.3 is 11.1 Å². The first-order chi connectivity index (χ1) is 16.7. The summed E-state index contributed by atoms with van der Waals surface area (Å²) >= 11 is 0. The topological polar surface area (TPSA) is 133 Å². The number of amides is 1. The van der Waals surface area contributed by atoms with E-state index in [4.69, 9.17) is 5.14 Å². The molecule has 35 heavy (non-hydrogen) atoms. The Balaban J connectivity index is 1.51. The van der Waals surface area contributed by atoms with Gasteiger partial charge < -0.3 is 5.32 Å². The van der Waals surface area contributed by atoms with Crippen LogP contribution < -0.4 is 21.6 Å². The van der Waals surface area contributed by atoms with Gasteiger partial charge in [-0.3, -0.25) is 23.5 Å². The Hall–Kier alpha value is -4.02. The van der Waals surface area contributed by atoms with Crippen LogP contribution >= 0.6 is 0 Å². The molecule has 9 nitrogen and oxygen atoms in total. The van der Waals surface area contributed by atoms with Crippen molar-refractivity contribution in [1.82, 2.24) is 14.5 Å². The number of hydrogen-bond acceptors (Lipinski definition) is 5. The van der Waals surface area contributed by atoms with Gasteiger partial charge in [-0.2, -0.15) is 0 Å². The van der Waals surface area contributed by atoms with Crippen LogP contribution in [0.25, 0.3) is 11.0 Å². The average molecular weight is 493 g/mol. The molecule has 0 bridgehead atoms. The van der Waals surface area contributed by atoms with Crippen molar-refractivity contribution in [3.63, 3.8) is 0 Å². The molecule has 0 aliphatic heterocycles. The second-order valence-electron chi connectivity index (χ2n) is 8.05. The molecule has 180 valence electrons. The van der Waals surface area contributed by atoms with E-state index in [2.05, 4.69) is 5.32 Å². The minimum absolute atomic E-state index is 0.0125. The number of sulfonamides is 1. The molecule has 0 saturated carbocycles. The van der Waals surface area contributed by atoms with Gasteiger partial charge in [-0.1, -0.05) is 54.6 Å². The van der Waals surface area contributed by atoms with Crippen LogP contribution in [0.1, 0.15) is 11.1 Å². The average Bonchev–Trinajstić information content (AvgIpc) is 2.85. The van der Waals surface area contributed by atoms with Crippen LogP contribution in [-0.4, -0.2) is 30.0 Å². The van der Waals surface area contributed by atoms with Crippen molar-refractivity contribution in [2.45, 2.75) is 24.4 Å². The number of benzene rings is 3. The number of para-hydroxylation sites is 2. The summed E-state index contributed by atoms with van der Waals surface area (Å²) < 4.78 is 25.3. The molecular weight excluding hydrogens is 468 g/mol. The Morgan fingerprint density at radius 3 is 1.97 bits per heavy atom. The van der Waals surface area contributed by atoms with Gasteiger partial charge in [0.15, 0.2) is 0 Å². The van der Waals surface area contributed by atoms with Gasteiger partial charge in [-0.15, -0.1) is 0 Å². The first kappa shape index (κ1) is 24.1. The van der Waals surface area contributed by atoms with Crippen LogP contribution in [0, 0.1) is 0 Å². The summed E-state index contributed by atoms with van der Waals surface area (Å²) in [6.45, 7) is 0.211. The van der Waals surface area contributed by atoms with E-state index in [9.17, 15) is 22.8 Å². The first-order valence-electron chi connectivity index (χ1n) is 10.9. The van der Waals surface area contributed by atoms with Crippen molar-refractivity contribution in [1.29, 1.82) is 0 Å². The van der Waals surface area contributed by atoms with Gasteiger partial charge in [-0.05, 0) is 41.8 Å². The monoisotopic (exact) mass is 492 g/mol. The molecule has 0 fully saturated rings. The maximum Gasteiger partial charge on any atom is 0.317 e. The molecule has 0 aliphatic carbocycles. The standard InChI is InChI=1S/C25H24N4O5S/c26-35(33,34)20-12-10-18(11-13-20)14-15-27-23(30)17-29-22-9-5-4-8-21(22)28(24(31)25(29)32)16-19-6-2-1-3-7-19/h1-13H,14-17H2,(H,27,30)(H2,26,33,34). The number of nitrogens with two attached hydrogens (primary N) is 1. The van der Waals surface area contributed by atoms with Gasteiger partial charge in [-0.25, -0.2) is 13.6 Å². The molecule has 1 aromatic heterocycles. The van der Waals surface area contributed by atoms with Crippen LogP contribution in [0.3, 0.4) is 0 Å². The molecule has 0 unspecified atom stereocenters. The molecule has 0 atom stereocenters. The fourth-order valence-electron chi connectivity index (χ4n) is 3.84. The van der Waals surface area contributed by atoms with E-state index in [0.29, 0.717) is 17.5 Å². The minimum Gasteiger partial charge on any atom is -0.354 e. The smallest absolute Gasteiger partial charge is 0.317 e. The Kier molecular flexibility index (Phi) is 6.94. The SMILES string of the molecule is NS(=O)(=O)c1ccc(CCNC(=O)Cn2c(=O)c(=O)n(Cc3ccccc3)c3ccccc32)cc1. The summed E-state index contributed by atoms with van der Waals surface area (Å²) in [6, 6.07) is 22.4. The highest BCUT2D eigenvalue weighted by molar-refractivity contribution is 7.89. The summed E-state index contributed by atoms with van der Waals surface area (Å²) in [4.78, 5) is 38.5. The molecule has 0 saturated heterocycles. The van der Waals surface area contributed by atoms with E-state index in [0.717, 1.165) is 11.1 Å². The quantitative estimate of drug-likeness (QED) is 0.357. The highest BCUT2D eigenvalue weighted by Crippen LogP contribution is 2.13. The zero-order valence-corrected chi connectivity index (χ0v) is 19.6. The largest absolute Gasteiger partial charge is 0.354 e. The van der Waals surface area contributed by atoms with E-state index in [1.807, 2.05) is 30.3 Å². The maximum absolute atomic E-state index is 12.9. The number of rotatable bonds is 8. The zero-order chi connectivity index (χ0) is 25.0. The van der Waals surface area contributed by atoms with Gasteiger partial charge in [0.1, 0.15) is 6.54 Å². The van der Waals surface area contributed by atoms with E-state index in [-0.39, 0.29) is 24.5 Å². The van der Waals surface area contributed by atoms with E-state index in [1.54, 1.807) is 36.4 Å². The number of carbonyl (C=O) groups is 1. The molecule has 10 heteroatoms. The minimum atomic E-state index is -3.76. The second-order valence-corrected chi connectivity index (χ2v) is 9.61. The summed E-state index contributed by atoms with van der Waals surface area (Å²) in [5.41, 5.74) is 1.27. The van der Waals surface area contributed by atoms with Crippen LogP contribution in [0.15, 0.2) is 93.3 Å². The molecule has 0 radical (unpaired) electrons. The van der Waals surface area contributed by atoms with E-state index in [1.165, 1.54) is 21.3 Å². The number of hydrogen-bond donors (Lipinski definition) is 2. The number of nitrogens with one attached hydrogen (secondary N) is 1. The summed E-state index contributed by atoms with van der Waals surface area (Å²) in [5, 5.41) is 7.83. The van der Waals surface area contributed by atoms with Gasteiger partial charge in [0.2, 0.25) is 15.9 Å². The molecule has 1 heterocycles. The van der Waals surface area contributed by atoms with Crippen LogP contribution in [0.2, 0.25) is 0 Å². The molecule has 0 spiro atoms. The summed E-state index contributed by atoms with van der Waals surface area (Å²) in [7, 11) is -3.76. The number of fused-ring (bicyclic) bond motifs is 1. The predicted molar refractivity (Wildman–Crippen MR) is 133 cm³/mol. The third kappa shape index (κ3) is 5.56. The maximum atomic E-state index is 12.9. The predicted octanol–water partition coefficient (Wildman–Crippen LogP) is 1.22. The third-order valence-corrected chi connectivity index (χ3v) is 6.54. The van der Waals surface area contributed by atoms with Gasteiger partial charge in [0.05, 0.1) is 22.5 Å². The van der Waals surface area contributed by atoms with Crippen LogP contribution in [0.5, 0.6) is 0 Å². The molecule has 3 N–H and O–H groups in total. The number of primary sulfonamides is 1. The first-order valence-corrected chi connectivity index (χ1v) is 12.4. The Labute approximate surface area is 201 Å². The summed E-state index contributed by atoms with van der Waals surface area (Å²) in [5.74, 6) is -0.418. The highest BCUT2D eigenvalue weighted by Gasteiger charge is 2.15. The van der Waals surface area contributed by atoms with Crippen molar-refractivity contribution >= 4 is 27.0 Å². The Morgan fingerprint density at radius 2 is 1.34 bits per heavy atom. The van der Waals surface area contributed by atoms with Gasteiger partial charge in [0, 0.05) is 6.54 Å². The molecule has 4 rings (SSSR count).